The third-order valence-electron chi connectivity index (χ3n) is 5.59. The second-order valence-corrected chi connectivity index (χ2v) is 7.69. The Morgan fingerprint density at radius 1 is 1.10 bits per heavy atom. The van der Waals surface area contributed by atoms with Crippen LogP contribution in [0.3, 0.4) is 0 Å². The van der Waals surface area contributed by atoms with E-state index in [1.54, 1.807) is 0 Å². The molecule has 1 amide bonds. The number of nitrogens with zero attached hydrogens (tertiary/aromatic N) is 2. The summed E-state index contributed by atoms with van der Waals surface area (Å²) in [7, 11) is 0. The van der Waals surface area contributed by atoms with Crippen LogP contribution in [0.25, 0.3) is 0 Å². The summed E-state index contributed by atoms with van der Waals surface area (Å²) in [5.74, 6) is 0.105. The van der Waals surface area contributed by atoms with Crippen molar-refractivity contribution < 1.29 is 4.79 Å². The van der Waals surface area contributed by atoms with Gasteiger partial charge in [-0.2, -0.15) is 5.10 Å². The molecule has 5 nitrogen and oxygen atoms in total. The molecule has 0 saturated carbocycles. The molecule has 0 bridgehead atoms. The molecule has 1 aliphatic heterocycles. The highest BCUT2D eigenvalue weighted by Gasteiger charge is 2.19. The van der Waals surface area contributed by atoms with Gasteiger partial charge >= 0.3 is 0 Å². The molecule has 2 heterocycles. The Balaban J connectivity index is 1.41. The third-order valence-corrected chi connectivity index (χ3v) is 5.59. The minimum absolute atomic E-state index is 0.110. The van der Waals surface area contributed by atoms with E-state index >= 15 is 0 Å². The van der Waals surface area contributed by atoms with Crippen LogP contribution >= 0.6 is 0 Å². The molecule has 1 aromatic heterocycles. The number of hydrogen-bond acceptors (Lipinski definition) is 3. The predicted octanol–water partition coefficient (Wildman–Crippen LogP) is 3.56. The second kappa shape index (κ2) is 9.52. The van der Waals surface area contributed by atoms with Gasteiger partial charge in [-0.05, 0) is 43.0 Å². The summed E-state index contributed by atoms with van der Waals surface area (Å²) < 4.78 is 1.93. The summed E-state index contributed by atoms with van der Waals surface area (Å²) in [6.45, 7) is 2.55. The minimum Gasteiger partial charge on any atom is -0.350 e. The quantitative estimate of drug-likeness (QED) is 0.651. The van der Waals surface area contributed by atoms with Gasteiger partial charge in [-0.1, -0.05) is 60.7 Å². The van der Waals surface area contributed by atoms with E-state index in [-0.39, 0.29) is 11.8 Å². The van der Waals surface area contributed by atoms with Crippen molar-refractivity contribution in [1.29, 1.82) is 0 Å². The zero-order valence-corrected chi connectivity index (χ0v) is 16.6. The van der Waals surface area contributed by atoms with Gasteiger partial charge in [0.15, 0.2) is 0 Å². The summed E-state index contributed by atoms with van der Waals surface area (Å²) in [6.07, 6.45) is 5.05. The van der Waals surface area contributed by atoms with Crippen molar-refractivity contribution in [2.45, 2.75) is 31.2 Å². The fraction of sp³-hybridized carbons (Fsp3) is 0.333. The Hall–Kier alpha value is -2.92. The van der Waals surface area contributed by atoms with Crippen molar-refractivity contribution in [3.63, 3.8) is 0 Å². The SMILES string of the molecule is O=C(NCC(Cc1ccccc1)c1ccccc1)c1ccn(C2CCCNC2)n1. The molecule has 2 unspecified atom stereocenters. The normalized spacial score (nSPS) is 17.6. The maximum absolute atomic E-state index is 12.7. The Bertz CT molecular complexity index is 901. The molecule has 2 atom stereocenters. The lowest BCUT2D eigenvalue weighted by molar-refractivity contribution is 0.0944. The average Bonchev–Trinajstić information content (AvgIpc) is 3.29. The average molecular weight is 389 g/mol. The number of amides is 1. The van der Waals surface area contributed by atoms with E-state index in [1.807, 2.05) is 29.1 Å². The first-order valence-corrected chi connectivity index (χ1v) is 10.4. The molecule has 4 rings (SSSR count). The highest BCUT2D eigenvalue weighted by molar-refractivity contribution is 5.92. The second-order valence-electron chi connectivity index (χ2n) is 7.69. The molecule has 2 N–H and O–H groups in total. The van der Waals surface area contributed by atoms with E-state index in [1.165, 1.54) is 11.1 Å². The number of hydrogen-bond donors (Lipinski definition) is 2. The van der Waals surface area contributed by atoms with Crippen LogP contribution in [0.5, 0.6) is 0 Å². The molecular formula is C24H28N4O. The topological polar surface area (TPSA) is 59.0 Å². The highest BCUT2D eigenvalue weighted by atomic mass is 16.1. The number of aromatic nitrogens is 2. The van der Waals surface area contributed by atoms with E-state index in [4.69, 9.17) is 0 Å². The zero-order chi connectivity index (χ0) is 19.9. The van der Waals surface area contributed by atoms with Crippen molar-refractivity contribution in [1.82, 2.24) is 20.4 Å². The van der Waals surface area contributed by atoms with E-state index < -0.39 is 0 Å². The first kappa shape index (κ1) is 19.4. The first-order chi connectivity index (χ1) is 14.3. The molecule has 3 aromatic rings. The van der Waals surface area contributed by atoms with E-state index in [9.17, 15) is 4.79 Å². The summed E-state index contributed by atoms with van der Waals surface area (Å²) >= 11 is 0. The fourth-order valence-corrected chi connectivity index (χ4v) is 3.96. The predicted molar refractivity (Wildman–Crippen MR) is 115 cm³/mol. The van der Waals surface area contributed by atoms with Gasteiger partial charge in [0.05, 0.1) is 6.04 Å². The van der Waals surface area contributed by atoms with E-state index in [0.717, 1.165) is 32.4 Å². The Kier molecular flexibility index (Phi) is 6.37. The largest absolute Gasteiger partial charge is 0.350 e. The molecule has 5 heteroatoms. The molecule has 1 fully saturated rings. The highest BCUT2D eigenvalue weighted by Crippen LogP contribution is 2.21. The molecule has 1 saturated heterocycles. The number of carbonyl (C=O) groups is 1. The number of nitrogens with one attached hydrogen (secondary N) is 2. The smallest absolute Gasteiger partial charge is 0.271 e. The van der Waals surface area contributed by atoms with Crippen molar-refractivity contribution in [3.8, 4) is 0 Å². The Labute approximate surface area is 172 Å². The standard InChI is InChI=1S/C24H28N4O/c29-24(23-13-15-28(27-23)22-12-7-14-25-18-22)26-17-21(20-10-5-2-6-11-20)16-19-8-3-1-4-9-19/h1-6,8-11,13,15,21-22,25H,7,12,14,16-18H2,(H,26,29). The van der Waals surface area contributed by atoms with Crippen LogP contribution in [0.4, 0.5) is 0 Å². The maximum Gasteiger partial charge on any atom is 0.271 e. The van der Waals surface area contributed by atoms with Crippen LogP contribution in [-0.2, 0) is 6.42 Å². The first-order valence-electron chi connectivity index (χ1n) is 10.4. The lowest BCUT2D eigenvalue weighted by Gasteiger charge is -2.22. The van der Waals surface area contributed by atoms with Crippen LogP contribution < -0.4 is 10.6 Å². The lowest BCUT2D eigenvalue weighted by atomic mass is 9.92. The van der Waals surface area contributed by atoms with Crippen LogP contribution in [0.1, 0.15) is 46.4 Å². The molecule has 1 aliphatic rings. The van der Waals surface area contributed by atoms with Gasteiger partial charge in [0.2, 0.25) is 0 Å². The van der Waals surface area contributed by atoms with Crippen LogP contribution in [0.15, 0.2) is 72.9 Å². The van der Waals surface area contributed by atoms with Gasteiger partial charge < -0.3 is 10.6 Å². The van der Waals surface area contributed by atoms with Crippen molar-refractivity contribution in [2.24, 2.45) is 0 Å². The third kappa shape index (κ3) is 5.12. The van der Waals surface area contributed by atoms with Gasteiger partial charge in [-0.25, -0.2) is 0 Å². The van der Waals surface area contributed by atoms with Gasteiger partial charge in [-0.15, -0.1) is 0 Å². The molecule has 150 valence electrons. The lowest BCUT2D eigenvalue weighted by Crippen LogP contribution is -2.32. The van der Waals surface area contributed by atoms with Gasteiger partial charge in [0, 0.05) is 25.2 Å². The molecule has 0 aliphatic carbocycles. The van der Waals surface area contributed by atoms with E-state index in [2.05, 4.69) is 64.3 Å². The summed E-state index contributed by atoms with van der Waals surface area (Å²) in [6, 6.07) is 23.0. The number of piperidine rings is 1. The van der Waals surface area contributed by atoms with Crippen LogP contribution in [0, 0.1) is 0 Å². The van der Waals surface area contributed by atoms with Gasteiger partial charge in [0.25, 0.3) is 5.91 Å². The van der Waals surface area contributed by atoms with Crippen LogP contribution in [0.2, 0.25) is 0 Å². The maximum atomic E-state index is 12.7. The fourth-order valence-electron chi connectivity index (χ4n) is 3.96. The van der Waals surface area contributed by atoms with Gasteiger partial charge in [0.1, 0.15) is 5.69 Å². The molecule has 0 spiro atoms. The van der Waals surface area contributed by atoms with Crippen molar-refractivity contribution >= 4 is 5.91 Å². The molecule has 0 radical (unpaired) electrons. The summed E-state index contributed by atoms with van der Waals surface area (Å²) in [5.41, 5.74) is 2.99. The van der Waals surface area contributed by atoms with Crippen molar-refractivity contribution in [2.75, 3.05) is 19.6 Å². The molecule has 29 heavy (non-hydrogen) atoms. The summed E-state index contributed by atoms with van der Waals surface area (Å²) in [4.78, 5) is 12.7. The van der Waals surface area contributed by atoms with Crippen LogP contribution in [-0.4, -0.2) is 35.3 Å². The van der Waals surface area contributed by atoms with E-state index in [0.29, 0.717) is 18.3 Å². The number of benzene rings is 2. The minimum atomic E-state index is -0.110. The molecule has 2 aromatic carbocycles. The number of rotatable bonds is 7. The zero-order valence-electron chi connectivity index (χ0n) is 16.6. The summed E-state index contributed by atoms with van der Waals surface area (Å²) in [5, 5.41) is 11.0. The molecular weight excluding hydrogens is 360 g/mol. The van der Waals surface area contributed by atoms with Crippen molar-refractivity contribution in [3.05, 3.63) is 89.7 Å². The van der Waals surface area contributed by atoms with Gasteiger partial charge in [-0.3, -0.25) is 9.48 Å². The number of carbonyl (C=O) groups excluding carboxylic acids is 1. The Morgan fingerprint density at radius 2 is 1.86 bits per heavy atom. The Morgan fingerprint density at radius 3 is 2.59 bits per heavy atom. The monoisotopic (exact) mass is 388 g/mol.